The van der Waals surface area contributed by atoms with Gasteiger partial charge in [0, 0.05) is 57.0 Å². The van der Waals surface area contributed by atoms with Crippen molar-refractivity contribution in [3.05, 3.63) is 58.7 Å². The number of ketones is 1. The van der Waals surface area contributed by atoms with Gasteiger partial charge in [0.1, 0.15) is 0 Å². The molecule has 188 valence electrons. The number of imidazole rings is 1. The number of aromatic nitrogens is 2. The molecule has 2 heterocycles. The number of aromatic amines is 1. The fourth-order valence-corrected chi connectivity index (χ4v) is 5.31. The van der Waals surface area contributed by atoms with Crippen LogP contribution in [0.15, 0.2) is 30.5 Å². The lowest BCUT2D eigenvalue weighted by Crippen LogP contribution is -2.54. The Kier molecular flexibility index (Phi) is 7.05. The number of rotatable bonds is 6. The number of carbonyl (C=O) groups excluding carboxylic acids is 2. The van der Waals surface area contributed by atoms with Gasteiger partial charge in [-0.3, -0.25) is 14.5 Å². The minimum atomic E-state index is -0.174. The molecule has 35 heavy (non-hydrogen) atoms. The molecule has 1 aromatic carbocycles. The number of hydrogen-bond donors (Lipinski definition) is 1. The van der Waals surface area contributed by atoms with Crippen LogP contribution < -0.4 is 0 Å². The van der Waals surface area contributed by atoms with E-state index in [1.165, 1.54) is 16.7 Å². The van der Waals surface area contributed by atoms with Crippen LogP contribution in [0.5, 0.6) is 0 Å². The second kappa shape index (κ2) is 9.73. The molecule has 6 nitrogen and oxygen atoms in total. The van der Waals surface area contributed by atoms with Crippen molar-refractivity contribution in [3.63, 3.8) is 0 Å². The molecule has 0 radical (unpaired) electrons. The molecule has 1 saturated heterocycles. The average Bonchev–Trinajstić information content (AvgIpc) is 3.26. The van der Waals surface area contributed by atoms with Crippen LogP contribution in [0.1, 0.15) is 86.9 Å². The van der Waals surface area contributed by atoms with Gasteiger partial charge in [-0.15, -0.1) is 0 Å². The highest BCUT2D eigenvalue weighted by molar-refractivity contribution is 5.95. The molecule has 1 aliphatic heterocycles. The third-order valence-electron chi connectivity index (χ3n) is 7.97. The van der Waals surface area contributed by atoms with E-state index >= 15 is 0 Å². The van der Waals surface area contributed by atoms with Crippen molar-refractivity contribution in [2.24, 2.45) is 5.41 Å². The number of nitrogens with one attached hydrogen (secondary N) is 1. The number of H-pyrrole nitrogens is 1. The summed E-state index contributed by atoms with van der Waals surface area (Å²) in [6.45, 7) is 16.0. The number of piperazine rings is 1. The molecule has 1 aromatic heterocycles. The molecular weight excluding hydrogens is 436 g/mol. The Bertz CT molecular complexity index is 1130. The number of Topliss-reactive ketones (excluding diaryl/α,β-unsaturated/α-hetero) is 1. The second-order valence-corrected chi connectivity index (χ2v) is 11.5. The van der Waals surface area contributed by atoms with Gasteiger partial charge in [0.2, 0.25) is 11.7 Å². The summed E-state index contributed by atoms with van der Waals surface area (Å²) in [6, 6.07) is 6.65. The smallest absolute Gasteiger partial charge is 0.219 e. The zero-order chi connectivity index (χ0) is 25.4. The number of nitrogens with zero attached hydrogens (tertiary/aromatic N) is 3. The third kappa shape index (κ3) is 5.58. The quantitative estimate of drug-likeness (QED) is 0.587. The number of carbonyl (C=O) groups is 2. The third-order valence-corrected chi connectivity index (χ3v) is 7.97. The van der Waals surface area contributed by atoms with Crippen LogP contribution in [-0.2, 0) is 16.8 Å². The Balaban J connectivity index is 1.65. The largest absolute Gasteiger partial charge is 0.340 e. The molecule has 2 aliphatic rings. The highest BCUT2D eigenvalue weighted by Gasteiger charge is 2.33. The van der Waals surface area contributed by atoms with Crippen molar-refractivity contribution in [1.29, 1.82) is 0 Å². The topological polar surface area (TPSA) is 69.3 Å². The molecule has 1 aliphatic carbocycles. The highest BCUT2D eigenvalue weighted by atomic mass is 16.2. The van der Waals surface area contributed by atoms with E-state index in [2.05, 4.69) is 66.8 Å². The molecule has 2 aromatic rings. The molecule has 1 amide bonds. The normalized spacial score (nSPS) is 18.9. The fraction of sp³-hybridized carbons (Fsp3) is 0.552. The summed E-state index contributed by atoms with van der Waals surface area (Å²) in [5.41, 5.74) is 5.90. The molecule has 0 spiro atoms. The molecule has 1 N–H and O–H groups in total. The van der Waals surface area contributed by atoms with Gasteiger partial charge >= 0.3 is 0 Å². The minimum absolute atomic E-state index is 0.0171. The first-order valence-corrected chi connectivity index (χ1v) is 12.8. The molecule has 4 rings (SSSR count). The van der Waals surface area contributed by atoms with E-state index in [0.717, 1.165) is 56.7 Å². The van der Waals surface area contributed by atoms with E-state index in [9.17, 15) is 9.59 Å². The van der Waals surface area contributed by atoms with Gasteiger partial charge in [-0.25, -0.2) is 4.98 Å². The van der Waals surface area contributed by atoms with Crippen LogP contribution in [0.25, 0.3) is 5.57 Å². The summed E-state index contributed by atoms with van der Waals surface area (Å²) in [5, 5.41) is 0. The van der Waals surface area contributed by atoms with Gasteiger partial charge in [-0.05, 0) is 73.8 Å². The summed E-state index contributed by atoms with van der Waals surface area (Å²) in [5.74, 6) is 0.598. The first-order chi connectivity index (χ1) is 16.5. The number of aryl methyl sites for hydroxylation is 1. The lowest BCUT2D eigenvalue weighted by molar-refractivity contribution is -0.131. The molecule has 0 bridgehead atoms. The summed E-state index contributed by atoms with van der Waals surface area (Å²) < 4.78 is 0. The Labute approximate surface area is 209 Å². The van der Waals surface area contributed by atoms with Crippen molar-refractivity contribution < 1.29 is 9.59 Å². The van der Waals surface area contributed by atoms with Crippen LogP contribution in [0.3, 0.4) is 0 Å². The number of amides is 1. The summed E-state index contributed by atoms with van der Waals surface area (Å²) in [6.07, 6.45) is 7.64. The first kappa shape index (κ1) is 25.4. The van der Waals surface area contributed by atoms with E-state index < -0.39 is 0 Å². The Hall–Kier alpha value is -2.73. The van der Waals surface area contributed by atoms with Crippen LogP contribution in [-0.4, -0.2) is 57.6 Å². The first-order valence-electron chi connectivity index (χ1n) is 12.8. The van der Waals surface area contributed by atoms with Crippen molar-refractivity contribution in [2.75, 3.05) is 26.2 Å². The fourth-order valence-electron chi connectivity index (χ4n) is 5.31. The Morgan fingerprint density at radius 3 is 2.43 bits per heavy atom. The predicted molar refractivity (Wildman–Crippen MR) is 140 cm³/mol. The van der Waals surface area contributed by atoms with Gasteiger partial charge in [0.15, 0.2) is 5.82 Å². The van der Waals surface area contributed by atoms with Crippen LogP contribution in [0.2, 0.25) is 0 Å². The van der Waals surface area contributed by atoms with Crippen LogP contribution in [0.4, 0.5) is 0 Å². The van der Waals surface area contributed by atoms with Crippen molar-refractivity contribution >= 4 is 17.3 Å². The summed E-state index contributed by atoms with van der Waals surface area (Å²) in [7, 11) is 0. The highest BCUT2D eigenvalue weighted by Crippen LogP contribution is 2.40. The van der Waals surface area contributed by atoms with Gasteiger partial charge in [-0.1, -0.05) is 32.1 Å². The number of allylic oxidation sites excluding steroid dienone is 2. The molecule has 0 unspecified atom stereocenters. The van der Waals surface area contributed by atoms with Gasteiger partial charge < -0.3 is 9.88 Å². The maximum atomic E-state index is 13.0. The van der Waals surface area contributed by atoms with Crippen molar-refractivity contribution in [3.8, 4) is 0 Å². The van der Waals surface area contributed by atoms with E-state index in [4.69, 9.17) is 0 Å². The Morgan fingerprint density at radius 2 is 1.86 bits per heavy atom. The molecule has 1 fully saturated rings. The molecule has 6 heteroatoms. The zero-order valence-corrected chi connectivity index (χ0v) is 22.2. The number of benzene rings is 1. The van der Waals surface area contributed by atoms with Gasteiger partial charge in [0.25, 0.3) is 0 Å². The SMILES string of the molecule is CC(=O)N1CCN(C(C)(C)c2ccc(CC(=O)c3ncc(C)[nH]3)c(C3=CCC(C)(C)CC3)c2)CC1. The van der Waals surface area contributed by atoms with E-state index in [1.807, 2.05) is 11.8 Å². The van der Waals surface area contributed by atoms with Crippen LogP contribution in [0, 0.1) is 12.3 Å². The van der Waals surface area contributed by atoms with Crippen molar-refractivity contribution in [1.82, 2.24) is 19.8 Å². The lowest BCUT2D eigenvalue weighted by Gasteiger charge is -2.44. The van der Waals surface area contributed by atoms with E-state index in [-0.39, 0.29) is 17.2 Å². The van der Waals surface area contributed by atoms with E-state index in [0.29, 0.717) is 17.7 Å². The number of hydrogen-bond acceptors (Lipinski definition) is 4. The van der Waals surface area contributed by atoms with Crippen LogP contribution >= 0.6 is 0 Å². The average molecular weight is 477 g/mol. The maximum absolute atomic E-state index is 13.0. The standard InChI is InChI=1S/C29H40N4O2/c1-20-19-30-27(31-20)26(35)17-23-7-8-24(18-25(23)22-9-11-28(3,4)12-10-22)29(5,6)33-15-13-32(14-16-33)21(2)34/h7-9,18-19H,10-17H2,1-6H3,(H,30,31). The Morgan fingerprint density at radius 1 is 1.14 bits per heavy atom. The molecule has 0 atom stereocenters. The van der Waals surface area contributed by atoms with E-state index in [1.54, 1.807) is 13.1 Å². The zero-order valence-electron chi connectivity index (χ0n) is 22.2. The van der Waals surface area contributed by atoms with Gasteiger partial charge in [-0.2, -0.15) is 0 Å². The summed E-state index contributed by atoms with van der Waals surface area (Å²) in [4.78, 5) is 36.6. The molecule has 0 saturated carbocycles. The predicted octanol–water partition coefficient (Wildman–Crippen LogP) is 5.14. The molecular formula is C29H40N4O2. The summed E-state index contributed by atoms with van der Waals surface area (Å²) >= 11 is 0. The maximum Gasteiger partial charge on any atom is 0.219 e. The minimum Gasteiger partial charge on any atom is -0.340 e. The monoisotopic (exact) mass is 476 g/mol. The van der Waals surface area contributed by atoms with Crippen molar-refractivity contribution in [2.45, 2.75) is 72.8 Å². The second-order valence-electron chi connectivity index (χ2n) is 11.5. The van der Waals surface area contributed by atoms with Gasteiger partial charge in [0.05, 0.1) is 0 Å². The lowest BCUT2D eigenvalue weighted by atomic mass is 9.75.